The molecule has 0 radical (unpaired) electrons. The molecule has 2 atom stereocenters. The number of rotatable bonds is 10. The van der Waals surface area contributed by atoms with Crippen molar-refractivity contribution >= 4 is 35.2 Å². The summed E-state index contributed by atoms with van der Waals surface area (Å²) in [5, 5.41) is 6.23. The number of nitrogens with one attached hydrogen (secondary N) is 2. The van der Waals surface area contributed by atoms with Crippen LogP contribution in [0.5, 0.6) is 0 Å². The van der Waals surface area contributed by atoms with Gasteiger partial charge in [0.1, 0.15) is 6.04 Å². The van der Waals surface area contributed by atoms with Crippen molar-refractivity contribution in [1.29, 1.82) is 0 Å². The minimum atomic E-state index is -0.558. The summed E-state index contributed by atoms with van der Waals surface area (Å²) in [7, 11) is 0. The van der Waals surface area contributed by atoms with E-state index in [-0.39, 0.29) is 17.9 Å². The van der Waals surface area contributed by atoms with Crippen LogP contribution in [0.25, 0.3) is 0 Å². The summed E-state index contributed by atoms with van der Waals surface area (Å²) in [4.78, 5) is 25.0. The number of thioether (sulfide) groups is 1. The third-order valence-corrected chi connectivity index (χ3v) is 4.89. The van der Waals surface area contributed by atoms with Gasteiger partial charge in [-0.05, 0) is 56.2 Å². The molecular weight excluding hydrogens is 356 g/mol. The Morgan fingerprint density at radius 1 is 1.08 bits per heavy atom. The fourth-order valence-corrected chi connectivity index (χ4v) is 3.08. The summed E-state index contributed by atoms with van der Waals surface area (Å²) in [6.45, 7) is 6.33. The largest absolute Gasteiger partial charge is 0.352 e. The van der Waals surface area contributed by atoms with Crippen LogP contribution in [0.4, 0.5) is 0 Å². The van der Waals surface area contributed by atoms with Crippen LogP contribution >= 0.6 is 23.4 Å². The number of carbonyl (C=O) groups excluding carboxylic acids is 2. The maximum absolute atomic E-state index is 12.6. The Morgan fingerprint density at radius 2 is 1.76 bits per heavy atom. The minimum absolute atomic E-state index is 0.0869. The summed E-state index contributed by atoms with van der Waals surface area (Å²) in [6.07, 6.45) is 4.55. The van der Waals surface area contributed by atoms with Crippen molar-refractivity contribution in [3.05, 3.63) is 34.9 Å². The molecule has 0 bridgehead atoms. The lowest BCUT2D eigenvalue weighted by molar-refractivity contribution is -0.123. The van der Waals surface area contributed by atoms with Gasteiger partial charge in [0, 0.05) is 6.04 Å². The number of amides is 2. The molecule has 0 heterocycles. The highest BCUT2D eigenvalue weighted by molar-refractivity contribution is 7.98. The molecule has 25 heavy (non-hydrogen) atoms. The smallest absolute Gasteiger partial charge is 0.253 e. The zero-order valence-electron chi connectivity index (χ0n) is 15.5. The first-order chi connectivity index (χ1) is 11.8. The highest BCUT2D eigenvalue weighted by Gasteiger charge is 2.23. The van der Waals surface area contributed by atoms with E-state index < -0.39 is 6.04 Å². The monoisotopic (exact) mass is 384 g/mol. The van der Waals surface area contributed by atoms with Gasteiger partial charge in [-0.3, -0.25) is 9.59 Å². The molecule has 140 valence electrons. The van der Waals surface area contributed by atoms with E-state index in [4.69, 9.17) is 11.6 Å². The molecule has 6 heteroatoms. The summed E-state index contributed by atoms with van der Waals surface area (Å²) in [5.74, 6) is 0.945. The lowest BCUT2D eigenvalue weighted by atomic mass is 10.0. The average molecular weight is 385 g/mol. The van der Waals surface area contributed by atoms with E-state index in [1.54, 1.807) is 36.0 Å². The van der Waals surface area contributed by atoms with Crippen LogP contribution < -0.4 is 10.6 Å². The lowest BCUT2D eigenvalue weighted by Gasteiger charge is -2.22. The summed E-state index contributed by atoms with van der Waals surface area (Å²) < 4.78 is 0. The lowest BCUT2D eigenvalue weighted by Crippen LogP contribution is -2.49. The third-order valence-electron chi connectivity index (χ3n) is 3.92. The minimum Gasteiger partial charge on any atom is -0.352 e. The van der Waals surface area contributed by atoms with E-state index in [1.165, 1.54) is 0 Å². The van der Waals surface area contributed by atoms with Crippen LogP contribution in [0.2, 0.25) is 5.02 Å². The van der Waals surface area contributed by atoms with Gasteiger partial charge in [0.25, 0.3) is 5.91 Å². The second-order valence-corrected chi connectivity index (χ2v) is 8.06. The van der Waals surface area contributed by atoms with E-state index >= 15 is 0 Å². The molecule has 0 aliphatic heterocycles. The van der Waals surface area contributed by atoms with Gasteiger partial charge in [0.05, 0.1) is 10.6 Å². The van der Waals surface area contributed by atoms with Gasteiger partial charge in [0.15, 0.2) is 0 Å². The second-order valence-electron chi connectivity index (χ2n) is 6.67. The molecule has 0 saturated carbocycles. The highest BCUT2D eigenvalue weighted by Crippen LogP contribution is 2.15. The normalized spacial score (nSPS) is 13.4. The molecule has 1 aromatic carbocycles. The average Bonchev–Trinajstić information content (AvgIpc) is 2.56. The Bertz CT molecular complexity index is 566. The maximum Gasteiger partial charge on any atom is 0.253 e. The zero-order chi connectivity index (χ0) is 18.8. The van der Waals surface area contributed by atoms with E-state index in [0.717, 1.165) is 18.6 Å². The van der Waals surface area contributed by atoms with Crippen molar-refractivity contribution < 1.29 is 9.59 Å². The fourth-order valence-electron chi connectivity index (χ4n) is 2.38. The molecule has 0 aliphatic rings. The Morgan fingerprint density at radius 3 is 2.36 bits per heavy atom. The Hall–Kier alpha value is -1.20. The molecule has 0 aromatic heterocycles. The number of hydrogen-bond donors (Lipinski definition) is 2. The summed E-state index contributed by atoms with van der Waals surface area (Å²) in [6, 6.07) is 6.38. The zero-order valence-corrected chi connectivity index (χ0v) is 17.0. The van der Waals surface area contributed by atoms with E-state index in [0.29, 0.717) is 22.9 Å². The van der Waals surface area contributed by atoms with E-state index in [1.807, 2.05) is 13.2 Å². The number of hydrogen-bond acceptors (Lipinski definition) is 3. The fraction of sp³-hybridized carbons (Fsp3) is 0.579. The quantitative estimate of drug-likeness (QED) is 0.637. The van der Waals surface area contributed by atoms with Gasteiger partial charge < -0.3 is 10.6 Å². The van der Waals surface area contributed by atoms with Crippen molar-refractivity contribution in [2.75, 3.05) is 12.0 Å². The molecule has 0 saturated heterocycles. The van der Waals surface area contributed by atoms with Crippen molar-refractivity contribution in [2.24, 2.45) is 5.92 Å². The van der Waals surface area contributed by atoms with Gasteiger partial charge in [-0.25, -0.2) is 0 Å². The number of halogens is 1. The Kier molecular flexibility index (Phi) is 9.98. The summed E-state index contributed by atoms with van der Waals surface area (Å²) in [5.41, 5.74) is 0.388. The first-order valence-corrected chi connectivity index (χ1v) is 10.5. The molecule has 1 rings (SSSR count). The number of benzene rings is 1. The SMILES string of the molecule is CSCC[C@H](NC(=O)c1ccccc1Cl)C(=O)N[C@H](C)CCC(C)C. The Balaban J connectivity index is 2.70. The van der Waals surface area contributed by atoms with Crippen LogP contribution in [0.1, 0.15) is 50.4 Å². The van der Waals surface area contributed by atoms with Crippen molar-refractivity contribution in [1.82, 2.24) is 10.6 Å². The molecule has 4 nitrogen and oxygen atoms in total. The van der Waals surface area contributed by atoms with Crippen LogP contribution in [-0.2, 0) is 4.79 Å². The standard InChI is InChI=1S/C19H29ClN2O2S/c1-13(2)9-10-14(3)21-19(24)17(11-12-25-4)22-18(23)15-7-5-6-8-16(15)20/h5-8,13-14,17H,9-12H2,1-4H3,(H,21,24)(H,22,23)/t14-,17+/m1/s1. The molecule has 2 N–H and O–H groups in total. The molecule has 2 amide bonds. The topological polar surface area (TPSA) is 58.2 Å². The molecule has 0 unspecified atom stereocenters. The van der Waals surface area contributed by atoms with Crippen LogP contribution in [-0.4, -0.2) is 35.9 Å². The van der Waals surface area contributed by atoms with Gasteiger partial charge in [0.2, 0.25) is 5.91 Å². The predicted octanol–water partition coefficient (Wildman–Crippen LogP) is 4.13. The highest BCUT2D eigenvalue weighted by atomic mass is 35.5. The first kappa shape index (κ1) is 21.8. The van der Waals surface area contributed by atoms with Crippen LogP contribution in [0.15, 0.2) is 24.3 Å². The maximum atomic E-state index is 12.6. The molecular formula is C19H29ClN2O2S. The van der Waals surface area contributed by atoms with Crippen LogP contribution in [0, 0.1) is 5.92 Å². The Labute approximate surface area is 160 Å². The third kappa shape index (κ3) is 8.15. The number of carbonyl (C=O) groups is 2. The van der Waals surface area contributed by atoms with Gasteiger partial charge in [-0.1, -0.05) is 37.6 Å². The summed E-state index contributed by atoms with van der Waals surface area (Å²) >= 11 is 7.73. The molecule has 0 fully saturated rings. The van der Waals surface area contributed by atoms with Crippen molar-refractivity contribution in [3.63, 3.8) is 0 Å². The molecule has 0 spiro atoms. The predicted molar refractivity (Wildman–Crippen MR) is 107 cm³/mol. The molecule has 1 aromatic rings. The second kappa shape index (κ2) is 11.4. The van der Waals surface area contributed by atoms with Gasteiger partial charge in [-0.15, -0.1) is 0 Å². The first-order valence-electron chi connectivity index (χ1n) is 8.69. The van der Waals surface area contributed by atoms with E-state index in [2.05, 4.69) is 24.5 Å². The van der Waals surface area contributed by atoms with Crippen molar-refractivity contribution in [3.8, 4) is 0 Å². The van der Waals surface area contributed by atoms with Gasteiger partial charge in [-0.2, -0.15) is 11.8 Å². The van der Waals surface area contributed by atoms with E-state index in [9.17, 15) is 9.59 Å². The van der Waals surface area contributed by atoms with Crippen molar-refractivity contribution in [2.45, 2.75) is 52.1 Å². The molecule has 0 aliphatic carbocycles. The van der Waals surface area contributed by atoms with Crippen LogP contribution in [0.3, 0.4) is 0 Å². The van der Waals surface area contributed by atoms with Gasteiger partial charge >= 0.3 is 0 Å².